The summed E-state index contributed by atoms with van der Waals surface area (Å²) < 4.78 is 31.2. The van der Waals surface area contributed by atoms with Gasteiger partial charge in [0.1, 0.15) is 24.3 Å². The number of amides is 4. The number of carbonyl (C=O) groups excluding carboxylic acids is 4. The fourth-order valence-electron chi connectivity index (χ4n) is 6.46. The van der Waals surface area contributed by atoms with Crippen LogP contribution in [0.5, 0.6) is 0 Å². The van der Waals surface area contributed by atoms with Crippen molar-refractivity contribution in [3.63, 3.8) is 0 Å². The van der Waals surface area contributed by atoms with E-state index in [0.717, 1.165) is 23.8 Å². The van der Waals surface area contributed by atoms with Crippen LogP contribution in [0.15, 0.2) is 60.8 Å². The highest BCUT2D eigenvalue weighted by molar-refractivity contribution is 5.82. The van der Waals surface area contributed by atoms with Crippen LogP contribution in [0.3, 0.4) is 0 Å². The number of aromatic nitrogens is 1. The van der Waals surface area contributed by atoms with Crippen LogP contribution in [-0.2, 0) is 30.5 Å². The third-order valence-corrected chi connectivity index (χ3v) is 9.39. The Labute approximate surface area is 332 Å². The minimum absolute atomic E-state index is 0.0146. The Balaban J connectivity index is 1.58. The van der Waals surface area contributed by atoms with Crippen molar-refractivity contribution in [2.45, 2.75) is 90.4 Å². The van der Waals surface area contributed by atoms with Gasteiger partial charge in [-0.3, -0.25) is 24.0 Å². The van der Waals surface area contributed by atoms with Crippen LogP contribution in [0.25, 0.3) is 11.1 Å². The molecule has 0 bridgehead atoms. The van der Waals surface area contributed by atoms with Crippen molar-refractivity contribution < 1.29 is 43.0 Å². The predicted molar refractivity (Wildman–Crippen MR) is 211 cm³/mol. The highest BCUT2D eigenvalue weighted by Crippen LogP contribution is 2.41. The predicted octanol–water partition coefficient (Wildman–Crippen LogP) is 3.21. The van der Waals surface area contributed by atoms with Crippen molar-refractivity contribution in [3.05, 3.63) is 83.7 Å². The summed E-state index contributed by atoms with van der Waals surface area (Å²) in [4.78, 5) is 62.9. The van der Waals surface area contributed by atoms with E-state index in [1.807, 2.05) is 55.7 Å². The van der Waals surface area contributed by atoms with E-state index in [0.29, 0.717) is 50.0 Å². The molecule has 16 heteroatoms. The number of nitrogens with zero attached hydrogens (tertiary/aromatic N) is 2. The lowest BCUT2D eigenvalue weighted by molar-refractivity contribution is -0.140. The van der Waals surface area contributed by atoms with Gasteiger partial charge in [0.05, 0.1) is 12.1 Å². The first-order valence-corrected chi connectivity index (χ1v) is 19.2. The number of aliphatic carboxylic acids is 1. The van der Waals surface area contributed by atoms with E-state index in [1.165, 1.54) is 4.90 Å². The van der Waals surface area contributed by atoms with Crippen molar-refractivity contribution in [2.24, 2.45) is 16.9 Å². The topological polar surface area (TPSA) is 222 Å². The van der Waals surface area contributed by atoms with Crippen LogP contribution < -0.4 is 27.4 Å². The Hall–Kier alpha value is -5.19. The number of carbonyl (C=O) groups is 5. The number of carboxylic acids is 1. The number of halogens is 2. The first-order valence-electron chi connectivity index (χ1n) is 19.2. The molecule has 0 saturated heterocycles. The highest BCUT2D eigenvalue weighted by Gasteiger charge is 2.37. The minimum Gasteiger partial charge on any atom is -0.480 e. The maximum absolute atomic E-state index is 15.0. The smallest absolute Gasteiger partial charge is 0.320 e. The summed E-state index contributed by atoms with van der Waals surface area (Å²) in [6.45, 7) is 5.87. The fourth-order valence-corrected chi connectivity index (χ4v) is 6.46. The van der Waals surface area contributed by atoms with Crippen molar-refractivity contribution in [1.82, 2.24) is 25.4 Å². The quantitative estimate of drug-likeness (QED) is 0.0700. The van der Waals surface area contributed by atoms with Crippen LogP contribution in [-0.4, -0.2) is 94.1 Å². The van der Waals surface area contributed by atoms with E-state index in [9.17, 15) is 33.5 Å². The van der Waals surface area contributed by atoms with E-state index in [-0.39, 0.29) is 56.3 Å². The molecule has 9 N–H and O–H groups in total. The molecular weight excluding hydrogens is 740 g/mol. The number of aliphatic hydroxyl groups excluding tert-OH is 1. The first-order chi connectivity index (χ1) is 27.0. The Kier molecular flexibility index (Phi) is 18.3. The summed E-state index contributed by atoms with van der Waals surface area (Å²) in [6, 6.07) is 11.8. The van der Waals surface area contributed by atoms with E-state index in [4.69, 9.17) is 16.6 Å². The number of hydrogen-bond acceptors (Lipinski definition) is 8. The van der Waals surface area contributed by atoms with Crippen LogP contribution in [0.2, 0.25) is 0 Å². The van der Waals surface area contributed by atoms with Gasteiger partial charge in [-0.05, 0) is 67.3 Å². The van der Waals surface area contributed by atoms with Gasteiger partial charge < -0.3 is 47.1 Å². The number of rotatable bonds is 23. The Bertz CT molecular complexity index is 1800. The number of nitrogens with one attached hydrogen (secondary N) is 3. The van der Waals surface area contributed by atoms with E-state index >= 15 is 4.39 Å². The Morgan fingerprint density at radius 3 is 2.11 bits per heavy atom. The van der Waals surface area contributed by atoms with Crippen molar-refractivity contribution in [3.8, 4) is 11.1 Å². The first kappa shape index (κ1) is 46.2. The van der Waals surface area contributed by atoms with Gasteiger partial charge in [0, 0.05) is 68.6 Å². The van der Waals surface area contributed by atoms with Crippen LogP contribution in [0.4, 0.5) is 8.78 Å². The van der Waals surface area contributed by atoms with Crippen LogP contribution in [0, 0.1) is 17.0 Å². The maximum atomic E-state index is 15.0. The van der Waals surface area contributed by atoms with Crippen LogP contribution in [0.1, 0.15) is 83.0 Å². The van der Waals surface area contributed by atoms with E-state index in [1.54, 1.807) is 12.3 Å². The van der Waals surface area contributed by atoms with E-state index < -0.39 is 59.6 Å². The van der Waals surface area contributed by atoms with Gasteiger partial charge in [-0.25, -0.2) is 8.78 Å². The SMILES string of the molecule is CC(C)(C)[C@H](c1cc(-c2cc(F)ccc2F)cn1Cc1ccccc1)N(CC[C@H](N)C(=O)NCCNC(=O)CCCC(=O)NCCCC[C@H](N)C(=O)O)C(=O)CO. The maximum Gasteiger partial charge on any atom is 0.320 e. The molecular formula is C41H57F2N7O7. The van der Waals surface area contributed by atoms with Crippen molar-refractivity contribution in [1.29, 1.82) is 0 Å². The molecule has 57 heavy (non-hydrogen) atoms. The average Bonchev–Trinajstić information content (AvgIpc) is 3.56. The standard InChI is InChI=1S/C41H57F2N7O7/c1-41(2,3)38(34-22-28(30-23-29(42)15-16-31(30)43)25-49(34)24-27-10-5-4-6-11-27)50(37(54)26-51)21-17-32(44)39(55)48-20-19-47-36(53)14-9-13-35(52)46-18-8-7-12-33(45)40(56)57/h4-6,10-11,15-16,22-23,25,32-33,38,51H,7-9,12-14,17-21,24,26,44-45H2,1-3H3,(H,46,52)(H,47,53)(H,48,55)(H,56,57)/t32-,33-,38-/m0/s1. The normalized spacial score (nSPS) is 13.0. The second-order valence-corrected chi connectivity index (χ2v) is 15.1. The summed E-state index contributed by atoms with van der Waals surface area (Å²) in [5, 5.41) is 27.0. The minimum atomic E-state index is -1.06. The van der Waals surface area contributed by atoms with E-state index in [2.05, 4.69) is 16.0 Å². The summed E-state index contributed by atoms with van der Waals surface area (Å²) in [5.74, 6) is -3.90. The molecule has 0 aliphatic heterocycles. The second kappa shape index (κ2) is 22.5. The van der Waals surface area contributed by atoms with Gasteiger partial charge in [-0.15, -0.1) is 0 Å². The summed E-state index contributed by atoms with van der Waals surface area (Å²) in [6.07, 6.45) is 3.77. The largest absolute Gasteiger partial charge is 0.480 e. The van der Waals surface area contributed by atoms with Gasteiger partial charge in [-0.1, -0.05) is 51.1 Å². The van der Waals surface area contributed by atoms with Crippen molar-refractivity contribution >= 4 is 29.6 Å². The Morgan fingerprint density at radius 1 is 0.825 bits per heavy atom. The van der Waals surface area contributed by atoms with Crippen LogP contribution >= 0.6 is 0 Å². The molecule has 3 aromatic rings. The molecule has 0 aliphatic carbocycles. The molecule has 0 unspecified atom stereocenters. The molecule has 4 amide bonds. The lowest BCUT2D eigenvalue weighted by atomic mass is 9.82. The van der Waals surface area contributed by atoms with Gasteiger partial charge >= 0.3 is 5.97 Å². The second-order valence-electron chi connectivity index (χ2n) is 15.1. The number of benzene rings is 2. The van der Waals surface area contributed by atoms with Gasteiger partial charge in [0.15, 0.2) is 0 Å². The monoisotopic (exact) mass is 797 g/mol. The molecule has 0 radical (unpaired) electrons. The molecule has 312 valence electrons. The third kappa shape index (κ3) is 15.0. The van der Waals surface area contributed by atoms with Gasteiger partial charge in [0.25, 0.3) is 0 Å². The number of nitrogens with two attached hydrogens (primary N) is 2. The third-order valence-electron chi connectivity index (χ3n) is 9.39. The molecule has 14 nitrogen and oxygen atoms in total. The zero-order chi connectivity index (χ0) is 42.1. The molecule has 3 atom stereocenters. The number of carboxylic acid groups (broad SMARTS) is 1. The highest BCUT2D eigenvalue weighted by atomic mass is 19.1. The number of aliphatic hydroxyl groups is 1. The van der Waals surface area contributed by atoms with Gasteiger partial charge in [0.2, 0.25) is 23.6 Å². The summed E-state index contributed by atoms with van der Waals surface area (Å²) >= 11 is 0. The average molecular weight is 798 g/mol. The fraction of sp³-hybridized carbons (Fsp3) is 0.488. The molecule has 0 saturated carbocycles. The number of hydrogen-bond donors (Lipinski definition) is 7. The molecule has 3 rings (SSSR count). The number of unbranched alkanes of at least 4 members (excludes halogenated alkanes) is 1. The lowest BCUT2D eigenvalue weighted by Crippen LogP contribution is -2.48. The molecule has 0 aliphatic rings. The van der Waals surface area contributed by atoms with Crippen molar-refractivity contribution in [2.75, 3.05) is 32.8 Å². The molecule has 1 heterocycles. The molecule has 2 aromatic carbocycles. The Morgan fingerprint density at radius 2 is 1.47 bits per heavy atom. The summed E-state index contributed by atoms with van der Waals surface area (Å²) in [5.41, 5.74) is 13.1. The zero-order valence-corrected chi connectivity index (χ0v) is 32.9. The molecule has 0 spiro atoms. The van der Waals surface area contributed by atoms with Gasteiger partial charge in [-0.2, -0.15) is 0 Å². The zero-order valence-electron chi connectivity index (χ0n) is 32.9. The lowest BCUT2D eigenvalue weighted by Gasteiger charge is -2.41. The molecule has 1 aromatic heterocycles. The summed E-state index contributed by atoms with van der Waals surface area (Å²) in [7, 11) is 0. The molecule has 0 fully saturated rings.